The van der Waals surface area contributed by atoms with Crippen molar-refractivity contribution in [2.75, 3.05) is 6.61 Å². The molecular formula is C29H42O10. The van der Waals surface area contributed by atoms with Crippen molar-refractivity contribution in [3.05, 3.63) is 11.6 Å². The van der Waals surface area contributed by atoms with Crippen LogP contribution in [0.1, 0.15) is 71.6 Å². The molecule has 0 amide bonds. The Balaban J connectivity index is 1.22. The van der Waals surface area contributed by atoms with Gasteiger partial charge >= 0.3 is 5.97 Å². The van der Waals surface area contributed by atoms with Gasteiger partial charge in [-0.2, -0.15) is 0 Å². The maximum absolute atomic E-state index is 13.0. The van der Waals surface area contributed by atoms with E-state index in [-0.39, 0.29) is 36.8 Å². The quantitative estimate of drug-likeness (QED) is 0.192. The number of carbonyl (C=O) groups is 2. The number of esters is 1. The molecular weight excluding hydrogens is 508 g/mol. The van der Waals surface area contributed by atoms with Crippen LogP contribution in [0, 0.1) is 28.6 Å². The van der Waals surface area contributed by atoms with Crippen molar-refractivity contribution in [1.29, 1.82) is 0 Å². The van der Waals surface area contributed by atoms with E-state index in [4.69, 9.17) is 14.2 Å². The van der Waals surface area contributed by atoms with Gasteiger partial charge in [-0.3, -0.25) is 0 Å². The summed E-state index contributed by atoms with van der Waals surface area (Å²) in [4.78, 5) is 24.8. The predicted molar refractivity (Wildman–Crippen MR) is 135 cm³/mol. The molecule has 10 nitrogen and oxygen atoms in total. The van der Waals surface area contributed by atoms with Crippen molar-refractivity contribution < 1.29 is 49.3 Å². The van der Waals surface area contributed by atoms with Crippen LogP contribution in [0.2, 0.25) is 0 Å². The number of aliphatic hydroxyl groups is 5. The number of aliphatic hydroxyl groups excluding tert-OH is 3. The van der Waals surface area contributed by atoms with Crippen molar-refractivity contribution in [3.63, 3.8) is 0 Å². The van der Waals surface area contributed by atoms with Crippen molar-refractivity contribution >= 4 is 12.3 Å². The number of aldehydes is 1. The van der Waals surface area contributed by atoms with Crippen LogP contribution in [0.4, 0.5) is 0 Å². The maximum atomic E-state index is 13.0. The average molecular weight is 551 g/mol. The number of fused-ring (bicyclic) bond motifs is 5. The molecule has 39 heavy (non-hydrogen) atoms. The third kappa shape index (κ3) is 3.78. The second kappa shape index (κ2) is 9.31. The second-order valence-corrected chi connectivity index (χ2v) is 13.4. The van der Waals surface area contributed by atoms with Gasteiger partial charge in [-0.15, -0.1) is 0 Å². The largest absolute Gasteiger partial charge is 0.458 e. The van der Waals surface area contributed by atoms with E-state index in [9.17, 15) is 35.1 Å². The fourth-order valence-electron chi connectivity index (χ4n) is 9.75. The summed E-state index contributed by atoms with van der Waals surface area (Å²) in [5.41, 5.74) is -2.86. The van der Waals surface area contributed by atoms with Crippen LogP contribution >= 0.6 is 0 Å². The third-order valence-corrected chi connectivity index (χ3v) is 12.0. The summed E-state index contributed by atoms with van der Waals surface area (Å²) in [6, 6.07) is 0. The Bertz CT molecular complexity index is 1050. The average Bonchev–Trinajstić information content (AvgIpc) is 3.45. The Morgan fingerprint density at radius 1 is 0.974 bits per heavy atom. The first-order valence-corrected chi connectivity index (χ1v) is 14.5. The third-order valence-electron chi connectivity index (χ3n) is 12.0. The Kier molecular flexibility index (Phi) is 6.62. The monoisotopic (exact) mass is 550 g/mol. The van der Waals surface area contributed by atoms with Gasteiger partial charge in [0.1, 0.15) is 31.2 Å². The summed E-state index contributed by atoms with van der Waals surface area (Å²) in [6.45, 7) is 3.98. The number of carbonyl (C=O) groups excluding carboxylic acids is 2. The minimum Gasteiger partial charge on any atom is -0.458 e. The topological polar surface area (TPSA) is 163 Å². The minimum absolute atomic E-state index is 0.0465. The molecule has 6 unspecified atom stereocenters. The fourth-order valence-corrected chi connectivity index (χ4v) is 9.75. The summed E-state index contributed by atoms with van der Waals surface area (Å²) in [5, 5.41) is 55.0. The Morgan fingerprint density at radius 3 is 2.41 bits per heavy atom. The molecule has 0 radical (unpaired) electrons. The summed E-state index contributed by atoms with van der Waals surface area (Å²) in [7, 11) is 0. The van der Waals surface area contributed by atoms with E-state index in [1.54, 1.807) is 13.0 Å². The van der Waals surface area contributed by atoms with Crippen LogP contribution in [-0.4, -0.2) is 92.4 Å². The smallest absolute Gasteiger partial charge is 0.331 e. The van der Waals surface area contributed by atoms with E-state index in [1.807, 2.05) is 0 Å². The van der Waals surface area contributed by atoms with Crippen LogP contribution in [0.5, 0.6) is 0 Å². The van der Waals surface area contributed by atoms with Gasteiger partial charge in [-0.1, -0.05) is 6.92 Å². The molecule has 0 spiro atoms. The lowest BCUT2D eigenvalue weighted by Gasteiger charge is -2.65. The standard InChI is InChI=1S/C29H42O10/c1-15-22(32)23(33)24(34)25(38-15)39-17-3-8-27(14-30)19-4-7-26(2)18(16-11-21(31)37-13-16)6-10-29(26,36)20(19)5-9-28(27,35)12-17/h11,14-15,17-20,22-25,32-36H,3-10,12-13H2,1-2H3/t15?,17?,18-,19+,20-,22?,23?,24?,25?,26-,27+,28+,29+/m1/s1. The Morgan fingerprint density at radius 2 is 1.72 bits per heavy atom. The summed E-state index contributed by atoms with van der Waals surface area (Å²) >= 11 is 0. The van der Waals surface area contributed by atoms with Gasteiger partial charge in [0.25, 0.3) is 0 Å². The van der Waals surface area contributed by atoms with Crippen molar-refractivity contribution in [1.82, 2.24) is 0 Å². The lowest BCUT2D eigenvalue weighted by molar-refractivity contribution is -0.317. The van der Waals surface area contributed by atoms with Crippen molar-refractivity contribution in [2.24, 2.45) is 28.6 Å². The molecule has 4 aliphatic carbocycles. The highest BCUT2D eigenvalue weighted by Crippen LogP contribution is 2.70. The van der Waals surface area contributed by atoms with E-state index in [0.717, 1.165) is 18.3 Å². The van der Waals surface area contributed by atoms with Gasteiger partial charge in [0.15, 0.2) is 6.29 Å². The van der Waals surface area contributed by atoms with Gasteiger partial charge in [-0.05, 0) is 81.6 Å². The molecule has 6 rings (SSSR count). The zero-order valence-corrected chi connectivity index (χ0v) is 22.7. The first kappa shape index (κ1) is 27.8. The second-order valence-electron chi connectivity index (χ2n) is 13.4. The molecule has 0 aromatic heterocycles. The van der Waals surface area contributed by atoms with Gasteiger partial charge in [0.2, 0.25) is 0 Å². The van der Waals surface area contributed by atoms with E-state index in [2.05, 4.69) is 6.92 Å². The van der Waals surface area contributed by atoms with Crippen LogP contribution in [0.15, 0.2) is 11.6 Å². The Labute approximate surface area is 228 Å². The maximum Gasteiger partial charge on any atom is 0.331 e. The molecule has 0 aromatic carbocycles. The van der Waals surface area contributed by atoms with E-state index in [1.165, 1.54) is 0 Å². The summed E-state index contributed by atoms with van der Waals surface area (Å²) in [6.07, 6.45) is 0.689. The van der Waals surface area contributed by atoms with Crippen LogP contribution in [-0.2, 0) is 23.8 Å². The van der Waals surface area contributed by atoms with E-state index in [0.29, 0.717) is 44.9 Å². The van der Waals surface area contributed by atoms with Gasteiger partial charge in [-0.25, -0.2) is 4.79 Å². The highest BCUT2D eigenvalue weighted by atomic mass is 16.7. The first-order chi connectivity index (χ1) is 18.4. The number of hydrogen-bond acceptors (Lipinski definition) is 10. The molecule has 6 aliphatic rings. The summed E-state index contributed by atoms with van der Waals surface area (Å²) < 4.78 is 16.9. The van der Waals surface area contributed by atoms with Crippen molar-refractivity contribution in [3.8, 4) is 0 Å². The molecule has 0 bridgehead atoms. The molecule has 13 atom stereocenters. The number of hydrogen-bond donors (Lipinski definition) is 5. The molecule has 2 aliphatic heterocycles. The van der Waals surface area contributed by atoms with E-state index < -0.39 is 58.8 Å². The van der Waals surface area contributed by atoms with Gasteiger partial charge < -0.3 is 44.5 Å². The highest BCUT2D eigenvalue weighted by Gasteiger charge is 2.71. The first-order valence-electron chi connectivity index (χ1n) is 14.5. The minimum atomic E-state index is -1.43. The highest BCUT2D eigenvalue weighted by molar-refractivity contribution is 5.85. The Hall–Kier alpha value is -1.40. The molecule has 10 heteroatoms. The number of rotatable bonds is 4. The molecule has 5 N–H and O–H groups in total. The predicted octanol–water partition coefficient (Wildman–Crippen LogP) is 0.750. The fraction of sp³-hybridized carbons (Fsp3) is 0.862. The van der Waals surface area contributed by atoms with Crippen LogP contribution in [0.3, 0.4) is 0 Å². The molecule has 2 heterocycles. The van der Waals surface area contributed by atoms with Crippen LogP contribution < -0.4 is 0 Å². The summed E-state index contributed by atoms with van der Waals surface area (Å²) in [5.74, 6) is -0.616. The molecule has 0 aromatic rings. The zero-order valence-electron chi connectivity index (χ0n) is 22.7. The van der Waals surface area contributed by atoms with Crippen molar-refractivity contribution in [2.45, 2.75) is 120 Å². The number of ether oxygens (including phenoxy) is 3. The van der Waals surface area contributed by atoms with E-state index >= 15 is 0 Å². The lowest BCUT2D eigenvalue weighted by Crippen LogP contribution is -2.69. The molecule has 4 saturated carbocycles. The SMILES string of the molecule is CC1OC(OC2CC[C@]3(C=O)[C@H]4CC[C@]5(C)[C@@H](C6=CC(=O)OC6)CC[C@]5(O)[C@@H]4CC[C@]3(O)C2)C(O)C(O)C1O. The lowest BCUT2D eigenvalue weighted by atomic mass is 9.41. The van der Waals surface area contributed by atoms with Gasteiger partial charge in [0, 0.05) is 17.9 Å². The number of cyclic esters (lactones) is 1. The normalized spacial score (nSPS) is 55.2. The molecule has 5 fully saturated rings. The zero-order chi connectivity index (χ0) is 28.0. The molecule has 1 saturated heterocycles. The van der Waals surface area contributed by atoms with Gasteiger partial charge in [0.05, 0.1) is 28.8 Å². The van der Waals surface area contributed by atoms with Crippen LogP contribution in [0.25, 0.3) is 0 Å². The molecule has 218 valence electrons.